The van der Waals surface area contributed by atoms with Crippen LogP contribution in [0.25, 0.3) is 0 Å². The van der Waals surface area contributed by atoms with Gasteiger partial charge in [0.1, 0.15) is 5.82 Å². The third kappa shape index (κ3) is 3.59. The summed E-state index contributed by atoms with van der Waals surface area (Å²) in [6.45, 7) is 4.86. The fraction of sp³-hybridized carbons (Fsp3) is 0.700. The second-order valence-electron chi connectivity index (χ2n) is 3.51. The molecule has 3 nitrogen and oxygen atoms in total. The van der Waals surface area contributed by atoms with Gasteiger partial charge in [0.25, 0.3) is 0 Å². The van der Waals surface area contributed by atoms with Crippen molar-refractivity contribution in [1.29, 1.82) is 0 Å². The van der Waals surface area contributed by atoms with Gasteiger partial charge in [-0.2, -0.15) is 0 Å². The quantitative estimate of drug-likeness (QED) is 0.704. The van der Waals surface area contributed by atoms with Crippen molar-refractivity contribution in [2.75, 3.05) is 0 Å². The van der Waals surface area contributed by atoms with Gasteiger partial charge in [0, 0.05) is 18.9 Å². The van der Waals surface area contributed by atoms with Crippen LogP contribution in [0.4, 0.5) is 0 Å². The van der Waals surface area contributed by atoms with E-state index >= 15 is 0 Å². The summed E-state index contributed by atoms with van der Waals surface area (Å²) in [5.74, 6) is 1.07. The van der Waals surface area contributed by atoms with E-state index in [1.54, 1.807) is 0 Å². The first-order valence-electron chi connectivity index (χ1n) is 4.86. The highest BCUT2D eigenvalue weighted by Crippen LogP contribution is 2.04. The van der Waals surface area contributed by atoms with E-state index in [9.17, 15) is 0 Å². The second kappa shape index (κ2) is 5.02. The van der Waals surface area contributed by atoms with Gasteiger partial charge in [-0.1, -0.05) is 0 Å². The first-order valence-corrected chi connectivity index (χ1v) is 4.86. The van der Waals surface area contributed by atoms with Gasteiger partial charge in [-0.15, -0.1) is 0 Å². The molecule has 1 aromatic heterocycles. The van der Waals surface area contributed by atoms with Crippen LogP contribution in [-0.4, -0.2) is 20.8 Å². The van der Waals surface area contributed by atoms with Crippen molar-refractivity contribution in [2.45, 2.75) is 45.8 Å². The second-order valence-corrected chi connectivity index (χ2v) is 3.51. The first kappa shape index (κ1) is 10.3. The van der Waals surface area contributed by atoms with Crippen LogP contribution in [0.1, 0.15) is 32.0 Å². The van der Waals surface area contributed by atoms with E-state index in [1.165, 1.54) is 0 Å². The van der Waals surface area contributed by atoms with Gasteiger partial charge in [-0.3, -0.25) is 0 Å². The van der Waals surface area contributed by atoms with Crippen LogP contribution < -0.4 is 0 Å². The minimum Gasteiger partial charge on any atom is -0.393 e. The van der Waals surface area contributed by atoms with Crippen molar-refractivity contribution in [3.8, 4) is 0 Å². The lowest BCUT2D eigenvalue weighted by Crippen LogP contribution is -2.02. The van der Waals surface area contributed by atoms with Crippen LogP contribution in [0.5, 0.6) is 0 Å². The fourth-order valence-electron chi connectivity index (χ4n) is 1.36. The van der Waals surface area contributed by atoms with E-state index in [0.717, 1.165) is 31.6 Å². The number of hydrogen-bond acceptors (Lipinski definition) is 2. The molecular weight excluding hydrogens is 164 g/mol. The minimum absolute atomic E-state index is 0.163. The van der Waals surface area contributed by atoms with Gasteiger partial charge < -0.3 is 9.67 Å². The van der Waals surface area contributed by atoms with E-state index in [2.05, 4.69) is 9.55 Å². The van der Waals surface area contributed by atoms with Crippen LogP contribution in [0.3, 0.4) is 0 Å². The van der Waals surface area contributed by atoms with Gasteiger partial charge in [0.15, 0.2) is 0 Å². The molecule has 0 spiro atoms. The number of unbranched alkanes of at least 4 members (excludes halogenated alkanes) is 1. The molecule has 0 amide bonds. The lowest BCUT2D eigenvalue weighted by Gasteiger charge is -2.05. The standard InChI is InChI=1S/C10H18N2O/c1-9(13)5-3-4-7-12-8-6-11-10(12)2/h6,8-9,13H,3-5,7H2,1-2H3. The predicted octanol–water partition coefficient (Wildman–Crippen LogP) is 1.74. The van der Waals surface area contributed by atoms with E-state index in [0.29, 0.717) is 0 Å². The SMILES string of the molecule is Cc1nccn1CCCCC(C)O. The Morgan fingerprint density at radius 1 is 1.54 bits per heavy atom. The number of rotatable bonds is 5. The maximum Gasteiger partial charge on any atom is 0.105 e. The third-order valence-corrected chi connectivity index (χ3v) is 2.19. The highest BCUT2D eigenvalue weighted by atomic mass is 16.3. The first-order chi connectivity index (χ1) is 6.20. The van der Waals surface area contributed by atoms with Gasteiger partial charge in [-0.05, 0) is 33.1 Å². The number of aliphatic hydroxyl groups is 1. The summed E-state index contributed by atoms with van der Waals surface area (Å²) < 4.78 is 2.14. The topological polar surface area (TPSA) is 38.0 Å². The van der Waals surface area contributed by atoms with Crippen molar-refractivity contribution in [3.63, 3.8) is 0 Å². The van der Waals surface area contributed by atoms with Crippen molar-refractivity contribution in [1.82, 2.24) is 9.55 Å². The zero-order valence-electron chi connectivity index (χ0n) is 8.40. The normalized spacial score (nSPS) is 13.2. The molecule has 0 aliphatic carbocycles. The summed E-state index contributed by atoms with van der Waals surface area (Å²) in [4.78, 5) is 4.14. The Labute approximate surface area is 79.4 Å². The van der Waals surface area contributed by atoms with Gasteiger partial charge >= 0.3 is 0 Å². The summed E-state index contributed by atoms with van der Waals surface area (Å²) in [6, 6.07) is 0. The van der Waals surface area contributed by atoms with Crippen LogP contribution in [0.15, 0.2) is 12.4 Å². The number of nitrogens with zero attached hydrogens (tertiary/aromatic N) is 2. The number of aryl methyl sites for hydroxylation is 2. The average molecular weight is 182 g/mol. The molecule has 0 aliphatic rings. The average Bonchev–Trinajstić information content (AvgIpc) is 2.45. The van der Waals surface area contributed by atoms with E-state index in [4.69, 9.17) is 5.11 Å². The molecule has 0 bridgehead atoms. The molecule has 0 fully saturated rings. The van der Waals surface area contributed by atoms with Crippen molar-refractivity contribution >= 4 is 0 Å². The minimum atomic E-state index is -0.163. The number of hydrogen-bond donors (Lipinski definition) is 1. The smallest absolute Gasteiger partial charge is 0.105 e. The Morgan fingerprint density at radius 2 is 2.31 bits per heavy atom. The van der Waals surface area contributed by atoms with Gasteiger partial charge in [0.05, 0.1) is 6.10 Å². The van der Waals surface area contributed by atoms with E-state index in [1.807, 2.05) is 26.2 Å². The Balaban J connectivity index is 2.17. The zero-order chi connectivity index (χ0) is 9.68. The van der Waals surface area contributed by atoms with Crippen LogP contribution in [0.2, 0.25) is 0 Å². The molecule has 1 unspecified atom stereocenters. The molecule has 0 aromatic carbocycles. The Hall–Kier alpha value is -0.830. The maximum absolute atomic E-state index is 9.05. The maximum atomic E-state index is 9.05. The molecule has 13 heavy (non-hydrogen) atoms. The van der Waals surface area contributed by atoms with Crippen molar-refractivity contribution < 1.29 is 5.11 Å². The summed E-state index contributed by atoms with van der Waals surface area (Å²) in [5.41, 5.74) is 0. The molecule has 1 aromatic rings. The van der Waals surface area contributed by atoms with Gasteiger partial charge in [-0.25, -0.2) is 4.98 Å². The number of aromatic nitrogens is 2. The third-order valence-electron chi connectivity index (χ3n) is 2.19. The summed E-state index contributed by atoms with van der Waals surface area (Å²) in [5, 5.41) is 9.05. The summed E-state index contributed by atoms with van der Waals surface area (Å²) in [7, 11) is 0. The van der Waals surface area contributed by atoms with Crippen molar-refractivity contribution in [3.05, 3.63) is 18.2 Å². The van der Waals surface area contributed by atoms with Crippen LogP contribution in [-0.2, 0) is 6.54 Å². The molecule has 1 atom stereocenters. The summed E-state index contributed by atoms with van der Waals surface area (Å²) >= 11 is 0. The molecule has 1 rings (SSSR count). The highest BCUT2D eigenvalue weighted by Gasteiger charge is 1.98. The molecular formula is C10H18N2O. The Bertz CT molecular complexity index is 243. The highest BCUT2D eigenvalue weighted by molar-refractivity contribution is 4.87. The zero-order valence-corrected chi connectivity index (χ0v) is 8.40. The number of aliphatic hydroxyl groups excluding tert-OH is 1. The Kier molecular flexibility index (Phi) is 3.96. The molecule has 1 heterocycles. The molecule has 0 saturated carbocycles. The lowest BCUT2D eigenvalue weighted by molar-refractivity contribution is 0.180. The van der Waals surface area contributed by atoms with E-state index < -0.39 is 0 Å². The van der Waals surface area contributed by atoms with Crippen molar-refractivity contribution in [2.24, 2.45) is 0 Å². The number of imidazole rings is 1. The largest absolute Gasteiger partial charge is 0.393 e. The fourth-order valence-corrected chi connectivity index (χ4v) is 1.36. The Morgan fingerprint density at radius 3 is 2.85 bits per heavy atom. The van der Waals surface area contributed by atoms with Crippen LogP contribution >= 0.6 is 0 Å². The lowest BCUT2D eigenvalue weighted by atomic mass is 10.2. The molecule has 0 aliphatic heterocycles. The molecule has 3 heteroatoms. The molecule has 1 N–H and O–H groups in total. The monoisotopic (exact) mass is 182 g/mol. The summed E-state index contributed by atoms with van der Waals surface area (Å²) in [6.07, 6.45) is 6.75. The molecule has 0 radical (unpaired) electrons. The molecule has 0 saturated heterocycles. The molecule has 74 valence electrons. The van der Waals surface area contributed by atoms with Gasteiger partial charge in [0.2, 0.25) is 0 Å². The predicted molar refractivity (Wildman–Crippen MR) is 52.5 cm³/mol. The van der Waals surface area contributed by atoms with Crippen LogP contribution in [0, 0.1) is 6.92 Å². The van der Waals surface area contributed by atoms with E-state index in [-0.39, 0.29) is 6.10 Å².